The summed E-state index contributed by atoms with van der Waals surface area (Å²) in [5.74, 6) is 0. The highest BCUT2D eigenvalue weighted by Crippen LogP contribution is 2.52. The maximum Gasteiger partial charge on any atom is 0.252 e. The fourth-order valence-electron chi connectivity index (χ4n) is 13.9. The van der Waals surface area contributed by atoms with Gasteiger partial charge in [-0.3, -0.25) is 0 Å². The van der Waals surface area contributed by atoms with Crippen molar-refractivity contribution in [3.63, 3.8) is 0 Å². The summed E-state index contributed by atoms with van der Waals surface area (Å²) in [5.41, 5.74) is 21.9. The molecule has 0 bridgehead atoms. The summed E-state index contributed by atoms with van der Waals surface area (Å²) in [6.45, 7) is 28.3. The zero-order chi connectivity index (χ0) is 57.9. The van der Waals surface area contributed by atoms with E-state index < -0.39 is 0 Å². The van der Waals surface area contributed by atoms with E-state index in [0.717, 1.165) is 5.69 Å². The second-order valence-corrected chi connectivity index (χ2v) is 28.3. The number of nitrogens with zero attached hydrogens (tertiary/aromatic N) is 3. The van der Waals surface area contributed by atoms with Gasteiger partial charge in [-0.05, 0) is 195 Å². The lowest BCUT2D eigenvalue weighted by atomic mass is 9.33. The Morgan fingerprint density at radius 2 is 0.702 bits per heavy atom. The first-order valence-corrected chi connectivity index (χ1v) is 30.3. The molecular formula is C80H72BN3. The molecule has 0 radical (unpaired) electrons. The summed E-state index contributed by atoms with van der Waals surface area (Å²) in [5, 5.41) is 12.4. The fourth-order valence-corrected chi connectivity index (χ4v) is 13.9. The monoisotopic (exact) mass is 1090 g/mol. The molecule has 2 aliphatic heterocycles. The highest BCUT2D eigenvalue weighted by molar-refractivity contribution is 7.00. The molecule has 0 fully saturated rings. The average molecular weight is 1090 g/mol. The van der Waals surface area contributed by atoms with E-state index in [1.807, 2.05) is 0 Å². The second-order valence-electron chi connectivity index (χ2n) is 28.3. The highest BCUT2D eigenvalue weighted by atomic mass is 15.2. The Labute approximate surface area is 495 Å². The molecule has 4 heteroatoms. The molecule has 0 spiro atoms. The molecule has 0 aliphatic carbocycles. The first kappa shape index (κ1) is 52.0. The average Bonchev–Trinajstić information content (AvgIpc) is 0.843. The van der Waals surface area contributed by atoms with Crippen molar-refractivity contribution in [1.82, 2.24) is 4.57 Å². The third-order valence-electron chi connectivity index (χ3n) is 18.6. The van der Waals surface area contributed by atoms with E-state index in [-0.39, 0.29) is 28.4 Å². The van der Waals surface area contributed by atoms with Crippen molar-refractivity contribution < 1.29 is 0 Å². The number of hydrogen-bond donors (Lipinski definition) is 0. The van der Waals surface area contributed by atoms with Crippen molar-refractivity contribution in [2.24, 2.45) is 0 Å². The first-order chi connectivity index (χ1) is 40.2. The number of aromatic nitrogens is 1. The number of para-hydroxylation sites is 2. The van der Waals surface area contributed by atoms with Crippen molar-refractivity contribution in [1.29, 1.82) is 0 Å². The van der Waals surface area contributed by atoms with Gasteiger partial charge in [0.2, 0.25) is 0 Å². The van der Waals surface area contributed by atoms with Crippen LogP contribution < -0.4 is 26.2 Å². The van der Waals surface area contributed by atoms with Crippen LogP contribution in [-0.4, -0.2) is 11.3 Å². The van der Waals surface area contributed by atoms with Gasteiger partial charge in [0.1, 0.15) is 0 Å². The summed E-state index contributed by atoms with van der Waals surface area (Å²) in [7, 11) is 0. The molecule has 1 aromatic heterocycles. The Balaban J connectivity index is 1.14. The SMILES string of the molecule is CC(C)(C)c1cc(N2c3cc(-c4ccc5c(c4)c4ccccc4n5-c4ccccc4)cc4c3B(c3ccc5cc6ccccc6cc5c32)c2ccc3cc5ccccc5cc3c2N4c2cc(C(C)(C)C)cc(C(C)(C)C)c2)cc(C(C)(C)C)c1. The van der Waals surface area contributed by atoms with Gasteiger partial charge in [0.15, 0.2) is 0 Å². The Morgan fingerprint density at radius 1 is 0.286 bits per heavy atom. The predicted molar refractivity (Wildman–Crippen MR) is 365 cm³/mol. The van der Waals surface area contributed by atoms with E-state index in [2.05, 4.69) is 316 Å². The van der Waals surface area contributed by atoms with Crippen molar-refractivity contribution in [3.8, 4) is 16.8 Å². The van der Waals surface area contributed by atoms with E-state index in [4.69, 9.17) is 0 Å². The Bertz CT molecular complexity index is 4600. The van der Waals surface area contributed by atoms with Gasteiger partial charge in [-0.2, -0.15) is 0 Å². The van der Waals surface area contributed by atoms with E-state index in [9.17, 15) is 0 Å². The van der Waals surface area contributed by atoms with Gasteiger partial charge in [-0.1, -0.05) is 210 Å². The van der Waals surface area contributed by atoms with Crippen LogP contribution >= 0.6 is 0 Å². The van der Waals surface area contributed by atoms with Crippen LogP contribution in [0.2, 0.25) is 0 Å². The van der Waals surface area contributed by atoms with Gasteiger partial charge in [0, 0.05) is 61.4 Å². The molecule has 2 aliphatic rings. The van der Waals surface area contributed by atoms with Crippen LogP contribution in [0, 0.1) is 0 Å². The van der Waals surface area contributed by atoms with Crippen molar-refractivity contribution >= 4 is 122 Å². The van der Waals surface area contributed by atoms with Gasteiger partial charge >= 0.3 is 0 Å². The fraction of sp³-hybridized carbons (Fsp3) is 0.200. The van der Waals surface area contributed by atoms with Crippen LogP contribution in [0.5, 0.6) is 0 Å². The number of fused-ring (bicyclic) bond motifs is 13. The highest BCUT2D eigenvalue weighted by Gasteiger charge is 2.46. The van der Waals surface area contributed by atoms with E-state index in [0.29, 0.717) is 0 Å². The van der Waals surface area contributed by atoms with E-state index >= 15 is 0 Å². The summed E-state index contributed by atoms with van der Waals surface area (Å²) in [6, 6.07) is 84.5. The quantitative estimate of drug-likeness (QED) is 0.129. The van der Waals surface area contributed by atoms with Crippen molar-refractivity contribution in [3.05, 3.63) is 241 Å². The molecule has 15 rings (SSSR count). The zero-order valence-corrected chi connectivity index (χ0v) is 50.7. The molecule has 0 amide bonds. The second kappa shape index (κ2) is 18.3. The van der Waals surface area contributed by atoms with Crippen molar-refractivity contribution in [2.75, 3.05) is 9.80 Å². The molecular weight excluding hydrogens is 1010 g/mol. The first-order valence-electron chi connectivity index (χ1n) is 30.3. The summed E-state index contributed by atoms with van der Waals surface area (Å²) < 4.78 is 2.43. The van der Waals surface area contributed by atoms with Crippen LogP contribution in [0.15, 0.2) is 218 Å². The molecule has 0 unspecified atom stereocenters. The van der Waals surface area contributed by atoms with Gasteiger partial charge < -0.3 is 14.4 Å². The van der Waals surface area contributed by atoms with Gasteiger partial charge in [-0.25, -0.2) is 0 Å². The smallest absolute Gasteiger partial charge is 0.252 e. The third kappa shape index (κ3) is 8.22. The molecule has 3 nitrogen and oxygen atoms in total. The Kier molecular flexibility index (Phi) is 11.3. The molecule has 0 saturated heterocycles. The minimum atomic E-state index is -0.120. The molecule has 12 aromatic carbocycles. The minimum absolute atomic E-state index is 0.111. The third-order valence-corrected chi connectivity index (χ3v) is 18.6. The molecule has 3 heterocycles. The van der Waals surface area contributed by atoms with Gasteiger partial charge in [0.25, 0.3) is 6.71 Å². The topological polar surface area (TPSA) is 11.4 Å². The molecule has 410 valence electrons. The molecule has 0 atom stereocenters. The summed E-state index contributed by atoms with van der Waals surface area (Å²) in [4.78, 5) is 5.42. The van der Waals surface area contributed by atoms with Crippen LogP contribution in [0.25, 0.3) is 81.7 Å². The normalized spacial score (nSPS) is 13.6. The predicted octanol–water partition coefficient (Wildman–Crippen LogP) is 20.3. The molecule has 84 heavy (non-hydrogen) atoms. The maximum atomic E-state index is 2.71. The number of benzene rings is 12. The van der Waals surface area contributed by atoms with Crippen LogP contribution in [0.1, 0.15) is 105 Å². The minimum Gasteiger partial charge on any atom is -0.311 e. The van der Waals surface area contributed by atoms with Crippen LogP contribution in [0.4, 0.5) is 34.1 Å². The number of anilines is 6. The summed E-state index contributed by atoms with van der Waals surface area (Å²) >= 11 is 0. The molecule has 0 saturated carbocycles. The van der Waals surface area contributed by atoms with Crippen LogP contribution in [0.3, 0.4) is 0 Å². The number of rotatable bonds is 4. The zero-order valence-electron chi connectivity index (χ0n) is 50.7. The Hall–Kier alpha value is -8.86. The lowest BCUT2D eigenvalue weighted by molar-refractivity contribution is 0.568. The standard InChI is InChI=1S/C80H72BN3/c1-77(2,3)57-43-58(78(4,5)6)46-62(45-57)83-72-41-56(53-32-35-71-67(40-53)64-28-20-21-29-70(64)82(71)61-26-14-13-15-27-61)42-73-74(72)81(68-33-30-54-36-49-22-16-18-24-51(49)38-65(54)75(68)83)69-34-31-55-37-50-23-17-19-25-52(50)39-66(55)76(69)84(73)63-47-59(79(7,8)9)44-60(48-63)80(10,11)12/h13-48H,1-12H3. The van der Waals surface area contributed by atoms with Crippen molar-refractivity contribution in [2.45, 2.75) is 105 Å². The van der Waals surface area contributed by atoms with Gasteiger partial charge in [-0.15, -0.1) is 0 Å². The van der Waals surface area contributed by atoms with Crippen LogP contribution in [-0.2, 0) is 21.7 Å². The van der Waals surface area contributed by atoms with E-state index in [1.54, 1.807) is 0 Å². The lowest BCUT2D eigenvalue weighted by Crippen LogP contribution is -2.61. The number of hydrogen-bond acceptors (Lipinski definition) is 2. The largest absolute Gasteiger partial charge is 0.311 e. The molecule has 13 aromatic rings. The van der Waals surface area contributed by atoms with Gasteiger partial charge in [0.05, 0.1) is 11.0 Å². The molecule has 0 N–H and O–H groups in total. The maximum absolute atomic E-state index is 2.71. The lowest BCUT2D eigenvalue weighted by Gasteiger charge is -2.46. The van der Waals surface area contributed by atoms with E-state index in [1.165, 1.54) is 149 Å². The summed E-state index contributed by atoms with van der Waals surface area (Å²) in [6.07, 6.45) is 0. The Morgan fingerprint density at radius 3 is 1.17 bits per heavy atom.